The van der Waals surface area contributed by atoms with Gasteiger partial charge in [0.2, 0.25) is 5.91 Å². The van der Waals surface area contributed by atoms with Gasteiger partial charge in [0.1, 0.15) is 0 Å². The van der Waals surface area contributed by atoms with Crippen molar-refractivity contribution in [1.29, 1.82) is 0 Å². The summed E-state index contributed by atoms with van der Waals surface area (Å²) in [5, 5.41) is 12.6. The van der Waals surface area contributed by atoms with Gasteiger partial charge < -0.3 is 10.4 Å². The van der Waals surface area contributed by atoms with Crippen LogP contribution in [0.15, 0.2) is 6.07 Å². The summed E-state index contributed by atoms with van der Waals surface area (Å²) in [6.07, 6.45) is -0.494. The fourth-order valence-electron chi connectivity index (χ4n) is 2.28. The predicted molar refractivity (Wildman–Crippen MR) is 63.6 cm³/mol. The normalized spacial score (nSPS) is 20.6. The first-order valence-electron chi connectivity index (χ1n) is 5.56. The van der Waals surface area contributed by atoms with Crippen LogP contribution >= 0.6 is 0 Å². The molecule has 0 spiro atoms. The Morgan fingerprint density at radius 3 is 2.56 bits per heavy atom. The van der Waals surface area contributed by atoms with Gasteiger partial charge in [-0.2, -0.15) is 0 Å². The molecule has 2 rings (SSSR count). The van der Waals surface area contributed by atoms with Crippen LogP contribution in [0.5, 0.6) is 0 Å². The number of aliphatic hydroxyl groups excluding tert-OH is 1. The molecule has 2 N–H and O–H groups in total. The lowest BCUT2D eigenvalue weighted by molar-refractivity contribution is -0.116. The summed E-state index contributed by atoms with van der Waals surface area (Å²) in [5.41, 5.74) is 4.97. The molecule has 0 saturated heterocycles. The van der Waals surface area contributed by atoms with Crippen molar-refractivity contribution in [2.45, 2.75) is 39.7 Å². The summed E-state index contributed by atoms with van der Waals surface area (Å²) in [5.74, 6) is -0.0768. The fourth-order valence-corrected chi connectivity index (χ4v) is 2.28. The first-order valence-corrected chi connectivity index (χ1v) is 5.56. The summed E-state index contributed by atoms with van der Waals surface area (Å²) < 4.78 is 0. The first kappa shape index (κ1) is 11.1. The standard InChI is InChI=1S/C13H17NO2/c1-6-7(2)12-11(5-10(6)9(4)15)8(3)13(16)14-12/h5,8-9,15H,1-4H3,(H,14,16). The molecule has 1 aliphatic heterocycles. The van der Waals surface area contributed by atoms with Crippen molar-refractivity contribution >= 4 is 11.6 Å². The second kappa shape index (κ2) is 3.59. The summed E-state index contributed by atoms with van der Waals surface area (Å²) in [7, 11) is 0. The van der Waals surface area contributed by atoms with E-state index in [-0.39, 0.29) is 11.8 Å². The SMILES string of the molecule is Cc1c(C(C)O)cc2c(c1C)NC(=O)C2C. The Hall–Kier alpha value is -1.35. The van der Waals surface area contributed by atoms with E-state index in [0.717, 1.165) is 27.9 Å². The zero-order valence-electron chi connectivity index (χ0n) is 10.1. The van der Waals surface area contributed by atoms with Gasteiger partial charge in [0.05, 0.1) is 12.0 Å². The van der Waals surface area contributed by atoms with Crippen molar-refractivity contribution in [2.24, 2.45) is 0 Å². The third kappa shape index (κ3) is 1.43. The molecule has 1 heterocycles. The number of aliphatic hydroxyl groups is 1. The number of hydrogen-bond acceptors (Lipinski definition) is 2. The molecular weight excluding hydrogens is 202 g/mol. The number of fused-ring (bicyclic) bond motifs is 1. The van der Waals surface area contributed by atoms with Gasteiger partial charge in [0, 0.05) is 5.69 Å². The van der Waals surface area contributed by atoms with Crippen LogP contribution in [-0.4, -0.2) is 11.0 Å². The van der Waals surface area contributed by atoms with E-state index in [9.17, 15) is 9.90 Å². The van der Waals surface area contributed by atoms with E-state index < -0.39 is 6.10 Å². The molecule has 2 atom stereocenters. The van der Waals surface area contributed by atoms with Crippen LogP contribution < -0.4 is 5.32 Å². The number of hydrogen-bond donors (Lipinski definition) is 2. The van der Waals surface area contributed by atoms with E-state index in [1.54, 1.807) is 6.92 Å². The van der Waals surface area contributed by atoms with Crippen LogP contribution in [0, 0.1) is 13.8 Å². The van der Waals surface area contributed by atoms with Crippen molar-refractivity contribution in [3.8, 4) is 0 Å². The van der Waals surface area contributed by atoms with Crippen LogP contribution in [0.2, 0.25) is 0 Å². The molecule has 2 unspecified atom stereocenters. The predicted octanol–water partition coefficient (Wildman–Crippen LogP) is 2.41. The molecule has 16 heavy (non-hydrogen) atoms. The van der Waals surface area contributed by atoms with Crippen molar-refractivity contribution in [3.63, 3.8) is 0 Å². The molecular formula is C13H17NO2. The number of amides is 1. The highest BCUT2D eigenvalue weighted by molar-refractivity contribution is 6.03. The minimum Gasteiger partial charge on any atom is -0.389 e. The number of benzene rings is 1. The average molecular weight is 219 g/mol. The molecule has 86 valence electrons. The van der Waals surface area contributed by atoms with Gasteiger partial charge in [-0.15, -0.1) is 0 Å². The summed E-state index contributed by atoms with van der Waals surface area (Å²) in [6.45, 7) is 7.61. The Morgan fingerprint density at radius 1 is 1.38 bits per heavy atom. The zero-order valence-corrected chi connectivity index (χ0v) is 10.1. The molecule has 3 heteroatoms. The van der Waals surface area contributed by atoms with E-state index in [4.69, 9.17) is 0 Å². The highest BCUT2D eigenvalue weighted by atomic mass is 16.3. The van der Waals surface area contributed by atoms with E-state index >= 15 is 0 Å². The minimum atomic E-state index is -0.494. The highest BCUT2D eigenvalue weighted by Gasteiger charge is 2.29. The Balaban J connectivity index is 2.67. The molecule has 0 aromatic heterocycles. The van der Waals surface area contributed by atoms with E-state index in [0.29, 0.717) is 0 Å². The van der Waals surface area contributed by atoms with Crippen molar-refractivity contribution < 1.29 is 9.90 Å². The lowest BCUT2D eigenvalue weighted by atomic mass is 9.91. The quantitative estimate of drug-likeness (QED) is 0.762. The molecule has 1 aromatic carbocycles. The maximum Gasteiger partial charge on any atom is 0.231 e. The van der Waals surface area contributed by atoms with Crippen molar-refractivity contribution in [2.75, 3.05) is 5.32 Å². The van der Waals surface area contributed by atoms with Gasteiger partial charge in [-0.05, 0) is 49.9 Å². The largest absolute Gasteiger partial charge is 0.389 e. The van der Waals surface area contributed by atoms with Gasteiger partial charge in [-0.1, -0.05) is 6.07 Å². The van der Waals surface area contributed by atoms with Crippen LogP contribution in [0.25, 0.3) is 0 Å². The fraction of sp³-hybridized carbons (Fsp3) is 0.462. The molecule has 1 aromatic rings. The zero-order chi connectivity index (χ0) is 12.0. The van der Waals surface area contributed by atoms with Crippen LogP contribution in [0.1, 0.15) is 48.1 Å². The minimum absolute atomic E-state index is 0.0419. The monoisotopic (exact) mass is 219 g/mol. The Labute approximate surface area is 95.5 Å². The number of nitrogens with one attached hydrogen (secondary N) is 1. The smallest absolute Gasteiger partial charge is 0.231 e. The Kier molecular flexibility index (Phi) is 2.50. The van der Waals surface area contributed by atoms with Crippen LogP contribution in [0.4, 0.5) is 5.69 Å². The number of carbonyl (C=O) groups is 1. The second-order valence-corrected chi connectivity index (χ2v) is 4.57. The Bertz CT molecular complexity index is 463. The number of rotatable bonds is 1. The third-order valence-corrected chi connectivity index (χ3v) is 3.53. The molecule has 0 radical (unpaired) electrons. The van der Waals surface area contributed by atoms with Crippen molar-refractivity contribution in [1.82, 2.24) is 0 Å². The second-order valence-electron chi connectivity index (χ2n) is 4.57. The lowest BCUT2D eigenvalue weighted by Crippen LogP contribution is -2.08. The number of anilines is 1. The van der Waals surface area contributed by atoms with E-state index in [2.05, 4.69) is 5.32 Å². The van der Waals surface area contributed by atoms with Gasteiger partial charge in [0.25, 0.3) is 0 Å². The molecule has 0 bridgehead atoms. The molecule has 0 fully saturated rings. The Morgan fingerprint density at radius 2 is 2.00 bits per heavy atom. The molecule has 0 saturated carbocycles. The average Bonchev–Trinajstić information content (AvgIpc) is 2.50. The van der Waals surface area contributed by atoms with Gasteiger partial charge in [-0.25, -0.2) is 0 Å². The molecule has 1 amide bonds. The molecule has 1 aliphatic rings. The van der Waals surface area contributed by atoms with Crippen molar-refractivity contribution in [3.05, 3.63) is 28.3 Å². The molecule has 0 aliphatic carbocycles. The lowest BCUT2D eigenvalue weighted by Gasteiger charge is -2.15. The summed E-state index contributed by atoms with van der Waals surface area (Å²) in [6, 6.07) is 1.95. The maximum absolute atomic E-state index is 11.6. The third-order valence-electron chi connectivity index (χ3n) is 3.53. The topological polar surface area (TPSA) is 49.3 Å². The number of carbonyl (C=O) groups excluding carboxylic acids is 1. The van der Waals surface area contributed by atoms with E-state index in [1.807, 2.05) is 26.8 Å². The van der Waals surface area contributed by atoms with Gasteiger partial charge in [-0.3, -0.25) is 4.79 Å². The van der Waals surface area contributed by atoms with Crippen LogP contribution in [-0.2, 0) is 4.79 Å². The van der Waals surface area contributed by atoms with Crippen LogP contribution in [0.3, 0.4) is 0 Å². The summed E-state index contributed by atoms with van der Waals surface area (Å²) >= 11 is 0. The van der Waals surface area contributed by atoms with Gasteiger partial charge in [0.15, 0.2) is 0 Å². The van der Waals surface area contributed by atoms with Gasteiger partial charge >= 0.3 is 0 Å². The van der Waals surface area contributed by atoms with E-state index in [1.165, 1.54) is 0 Å². The summed E-state index contributed by atoms with van der Waals surface area (Å²) in [4.78, 5) is 11.6. The molecule has 3 nitrogen and oxygen atoms in total. The highest BCUT2D eigenvalue weighted by Crippen LogP contribution is 2.39. The maximum atomic E-state index is 11.6. The first-order chi connectivity index (χ1) is 7.43.